The van der Waals surface area contributed by atoms with E-state index in [-0.39, 0.29) is 5.41 Å². The Morgan fingerprint density at radius 3 is 2.43 bits per heavy atom. The summed E-state index contributed by atoms with van der Waals surface area (Å²) in [5, 5.41) is 3.76. The van der Waals surface area contributed by atoms with Gasteiger partial charge in [-0.05, 0) is 42.4 Å². The number of carbonyl (C=O) groups excluding carboxylic acids is 1. The lowest BCUT2D eigenvalue weighted by atomic mass is 9.91. The highest BCUT2D eigenvalue weighted by molar-refractivity contribution is 5.76. The quantitative estimate of drug-likeness (QED) is 0.903. The molecule has 2 rings (SSSR count). The molecule has 0 radical (unpaired) electrons. The fraction of sp³-hybridized carbons (Fsp3) is 0.684. The number of rotatable bonds is 5. The fourth-order valence-electron chi connectivity index (χ4n) is 3.19. The van der Waals surface area contributed by atoms with Gasteiger partial charge in [0.25, 0.3) is 0 Å². The highest BCUT2D eigenvalue weighted by atomic mass is 16.2. The highest BCUT2D eigenvalue weighted by Crippen LogP contribution is 2.23. The molecule has 0 aliphatic carbocycles. The number of hydrogen-bond donors (Lipinski definition) is 1. The molecule has 1 amide bonds. The van der Waals surface area contributed by atoms with E-state index in [9.17, 15) is 4.79 Å². The van der Waals surface area contributed by atoms with Gasteiger partial charge in [-0.15, -0.1) is 0 Å². The molecule has 0 spiro atoms. The Morgan fingerprint density at radius 2 is 1.91 bits per heavy atom. The van der Waals surface area contributed by atoms with E-state index in [4.69, 9.17) is 0 Å². The number of pyridine rings is 1. The van der Waals surface area contributed by atoms with Crippen LogP contribution in [0.2, 0.25) is 0 Å². The van der Waals surface area contributed by atoms with Crippen molar-refractivity contribution in [2.75, 3.05) is 13.1 Å². The third-order valence-electron chi connectivity index (χ3n) is 4.48. The van der Waals surface area contributed by atoms with Crippen LogP contribution in [0.5, 0.6) is 0 Å². The van der Waals surface area contributed by atoms with E-state index in [2.05, 4.69) is 50.1 Å². The minimum absolute atomic E-state index is 0.0703. The lowest BCUT2D eigenvalue weighted by Crippen LogP contribution is -2.46. The predicted octanol–water partition coefficient (Wildman–Crippen LogP) is 3.55. The monoisotopic (exact) mass is 317 g/mol. The van der Waals surface area contributed by atoms with Gasteiger partial charge in [0.2, 0.25) is 5.91 Å². The molecule has 1 unspecified atom stereocenters. The van der Waals surface area contributed by atoms with Crippen molar-refractivity contribution in [2.45, 2.75) is 65.5 Å². The van der Waals surface area contributed by atoms with Crippen molar-refractivity contribution in [3.8, 4) is 0 Å². The second-order valence-corrected chi connectivity index (χ2v) is 7.80. The van der Waals surface area contributed by atoms with Gasteiger partial charge in [-0.3, -0.25) is 9.78 Å². The first-order chi connectivity index (χ1) is 10.9. The molecule has 1 aromatic heterocycles. The number of nitrogens with zero attached hydrogens (tertiary/aromatic N) is 2. The number of piperidine rings is 1. The van der Waals surface area contributed by atoms with Gasteiger partial charge in [0.15, 0.2) is 0 Å². The minimum Gasteiger partial charge on any atom is -0.343 e. The summed E-state index contributed by atoms with van der Waals surface area (Å²) in [6.07, 6.45) is 7.49. The fourth-order valence-corrected chi connectivity index (χ4v) is 3.19. The predicted molar refractivity (Wildman–Crippen MR) is 94.1 cm³/mol. The number of nitrogens with one attached hydrogen (secondary N) is 1. The first kappa shape index (κ1) is 17.9. The maximum Gasteiger partial charge on any atom is 0.223 e. The van der Waals surface area contributed by atoms with Crippen LogP contribution in [0, 0.1) is 5.41 Å². The van der Waals surface area contributed by atoms with E-state index in [0.29, 0.717) is 24.4 Å². The molecule has 0 bridgehead atoms. The van der Waals surface area contributed by atoms with E-state index in [1.165, 1.54) is 5.56 Å². The average Bonchev–Trinajstić information content (AvgIpc) is 2.52. The smallest absolute Gasteiger partial charge is 0.223 e. The lowest BCUT2D eigenvalue weighted by molar-refractivity contribution is -0.134. The van der Waals surface area contributed by atoms with E-state index in [0.717, 1.165) is 32.4 Å². The number of aromatic nitrogens is 1. The lowest BCUT2D eigenvalue weighted by Gasteiger charge is -2.35. The zero-order chi connectivity index (χ0) is 16.9. The molecule has 1 N–H and O–H groups in total. The van der Waals surface area contributed by atoms with Crippen LogP contribution in [0.15, 0.2) is 24.5 Å². The zero-order valence-corrected chi connectivity index (χ0v) is 15.0. The Labute approximate surface area is 140 Å². The molecule has 1 saturated heterocycles. The van der Waals surface area contributed by atoms with E-state index in [1.54, 1.807) is 0 Å². The number of likely N-dealkylation sites (tertiary alicyclic amines) is 1. The van der Waals surface area contributed by atoms with Gasteiger partial charge >= 0.3 is 0 Å². The Hall–Kier alpha value is -1.42. The van der Waals surface area contributed by atoms with Crippen LogP contribution in [0.4, 0.5) is 0 Å². The molecular weight excluding hydrogens is 286 g/mol. The summed E-state index contributed by atoms with van der Waals surface area (Å²) < 4.78 is 0. The SMILES string of the molecule is CCC(NC1CCN(C(=O)CC(C)(C)C)CC1)c1ccncc1. The van der Waals surface area contributed by atoms with Gasteiger partial charge in [-0.2, -0.15) is 0 Å². The summed E-state index contributed by atoms with van der Waals surface area (Å²) in [4.78, 5) is 18.5. The van der Waals surface area contributed by atoms with Crippen molar-refractivity contribution < 1.29 is 4.79 Å². The molecular formula is C19H31N3O. The summed E-state index contributed by atoms with van der Waals surface area (Å²) in [5.41, 5.74) is 1.37. The summed E-state index contributed by atoms with van der Waals surface area (Å²) in [6, 6.07) is 5.04. The normalized spacial score (nSPS) is 18.0. The average molecular weight is 317 g/mol. The van der Waals surface area contributed by atoms with Gasteiger partial charge in [-0.1, -0.05) is 27.7 Å². The molecule has 1 aromatic rings. The molecule has 0 aromatic carbocycles. The molecule has 1 aliphatic heterocycles. The van der Waals surface area contributed by atoms with Crippen molar-refractivity contribution in [1.82, 2.24) is 15.2 Å². The molecule has 4 nitrogen and oxygen atoms in total. The van der Waals surface area contributed by atoms with E-state index >= 15 is 0 Å². The number of amides is 1. The topological polar surface area (TPSA) is 45.2 Å². The van der Waals surface area contributed by atoms with E-state index < -0.39 is 0 Å². The molecule has 4 heteroatoms. The van der Waals surface area contributed by atoms with Crippen LogP contribution in [-0.2, 0) is 4.79 Å². The van der Waals surface area contributed by atoms with Crippen LogP contribution in [-0.4, -0.2) is 34.9 Å². The summed E-state index contributed by atoms with van der Waals surface area (Å²) in [7, 11) is 0. The number of carbonyl (C=O) groups is 1. The van der Waals surface area contributed by atoms with Crippen molar-refractivity contribution >= 4 is 5.91 Å². The van der Waals surface area contributed by atoms with Crippen molar-refractivity contribution in [3.05, 3.63) is 30.1 Å². The van der Waals surface area contributed by atoms with Crippen LogP contribution in [0.1, 0.15) is 65.0 Å². The van der Waals surface area contributed by atoms with Gasteiger partial charge in [0.05, 0.1) is 0 Å². The molecule has 128 valence electrons. The van der Waals surface area contributed by atoms with Crippen LogP contribution >= 0.6 is 0 Å². The molecule has 2 heterocycles. The Morgan fingerprint density at radius 1 is 1.30 bits per heavy atom. The maximum absolute atomic E-state index is 12.3. The molecule has 1 fully saturated rings. The molecule has 1 atom stereocenters. The Balaban J connectivity index is 1.83. The van der Waals surface area contributed by atoms with Crippen LogP contribution < -0.4 is 5.32 Å². The third kappa shape index (κ3) is 5.61. The summed E-state index contributed by atoms with van der Waals surface area (Å²) in [6.45, 7) is 10.3. The van der Waals surface area contributed by atoms with Crippen LogP contribution in [0.3, 0.4) is 0 Å². The third-order valence-corrected chi connectivity index (χ3v) is 4.48. The van der Waals surface area contributed by atoms with Gasteiger partial charge < -0.3 is 10.2 Å². The first-order valence-corrected chi connectivity index (χ1v) is 8.83. The molecule has 23 heavy (non-hydrogen) atoms. The summed E-state index contributed by atoms with van der Waals surface area (Å²) >= 11 is 0. The zero-order valence-electron chi connectivity index (χ0n) is 15.0. The standard InChI is InChI=1S/C19H31N3O/c1-5-17(15-6-10-20-11-7-15)21-16-8-12-22(13-9-16)18(23)14-19(2,3)4/h6-7,10-11,16-17,21H,5,8-9,12-14H2,1-4H3. The van der Waals surface area contributed by atoms with Crippen LogP contribution in [0.25, 0.3) is 0 Å². The van der Waals surface area contributed by atoms with E-state index in [1.807, 2.05) is 17.3 Å². The van der Waals surface area contributed by atoms with Crippen molar-refractivity contribution in [2.24, 2.45) is 5.41 Å². The Kier molecular flexibility index (Phi) is 6.17. The second-order valence-electron chi connectivity index (χ2n) is 7.80. The van der Waals surface area contributed by atoms with Gasteiger partial charge in [0, 0.05) is 44.0 Å². The highest BCUT2D eigenvalue weighted by Gasteiger charge is 2.26. The first-order valence-electron chi connectivity index (χ1n) is 8.83. The Bertz CT molecular complexity index is 487. The number of hydrogen-bond acceptors (Lipinski definition) is 3. The maximum atomic E-state index is 12.3. The van der Waals surface area contributed by atoms with Gasteiger partial charge in [0.1, 0.15) is 0 Å². The molecule has 0 saturated carbocycles. The van der Waals surface area contributed by atoms with Gasteiger partial charge in [-0.25, -0.2) is 0 Å². The van der Waals surface area contributed by atoms with Crippen molar-refractivity contribution in [3.63, 3.8) is 0 Å². The van der Waals surface area contributed by atoms with Crippen molar-refractivity contribution in [1.29, 1.82) is 0 Å². The summed E-state index contributed by atoms with van der Waals surface area (Å²) in [5.74, 6) is 0.303. The second kappa shape index (κ2) is 7.91. The molecule has 1 aliphatic rings. The largest absolute Gasteiger partial charge is 0.343 e. The minimum atomic E-state index is 0.0703.